The molecule has 0 saturated heterocycles. The maximum absolute atomic E-state index is 13.3. The van der Waals surface area contributed by atoms with E-state index in [1.54, 1.807) is 0 Å². The van der Waals surface area contributed by atoms with Crippen molar-refractivity contribution in [1.29, 1.82) is 0 Å². The summed E-state index contributed by atoms with van der Waals surface area (Å²) in [5, 5.41) is 11.3. The highest BCUT2D eigenvalue weighted by molar-refractivity contribution is 6.31. The third-order valence-corrected chi connectivity index (χ3v) is 2.34. The largest absolute Gasteiger partial charge is 0.394 e. The molecule has 0 radical (unpaired) electrons. The molecule has 0 saturated carbocycles. The van der Waals surface area contributed by atoms with Gasteiger partial charge in [-0.05, 0) is 19.2 Å². The molecule has 0 heterocycles. The Kier molecular flexibility index (Phi) is 3.80. The van der Waals surface area contributed by atoms with Crippen LogP contribution in [0.5, 0.6) is 0 Å². The van der Waals surface area contributed by atoms with Gasteiger partial charge in [-0.25, -0.2) is 8.78 Å². The zero-order valence-corrected chi connectivity index (χ0v) is 8.28. The van der Waals surface area contributed by atoms with E-state index < -0.39 is 17.7 Å². The molecule has 0 aliphatic heterocycles. The van der Waals surface area contributed by atoms with Crippen molar-refractivity contribution in [3.05, 3.63) is 34.4 Å². The van der Waals surface area contributed by atoms with E-state index >= 15 is 0 Å². The average molecular weight is 222 g/mol. The van der Waals surface area contributed by atoms with Crippen LogP contribution in [0.1, 0.15) is 11.6 Å². The molecule has 0 aliphatic rings. The molecule has 0 amide bonds. The van der Waals surface area contributed by atoms with Crippen LogP contribution in [0.4, 0.5) is 8.78 Å². The van der Waals surface area contributed by atoms with Crippen LogP contribution in [0.15, 0.2) is 12.1 Å². The highest BCUT2D eigenvalue weighted by atomic mass is 35.5. The number of hydrogen-bond donors (Lipinski definition) is 2. The number of rotatable bonds is 3. The van der Waals surface area contributed by atoms with Crippen molar-refractivity contribution in [2.45, 2.75) is 6.04 Å². The second kappa shape index (κ2) is 4.68. The molecule has 0 spiro atoms. The van der Waals surface area contributed by atoms with Gasteiger partial charge in [-0.2, -0.15) is 0 Å². The number of halogens is 3. The summed E-state index contributed by atoms with van der Waals surface area (Å²) in [6.45, 7) is -0.351. The third kappa shape index (κ3) is 2.03. The van der Waals surface area contributed by atoms with Crippen molar-refractivity contribution in [2.24, 2.45) is 0 Å². The lowest BCUT2D eigenvalue weighted by Crippen LogP contribution is -2.21. The predicted molar refractivity (Wildman–Crippen MR) is 50.3 cm³/mol. The van der Waals surface area contributed by atoms with E-state index in [4.69, 9.17) is 16.7 Å². The lowest BCUT2D eigenvalue weighted by Gasteiger charge is -2.16. The Morgan fingerprint density at radius 2 is 2.00 bits per heavy atom. The molecular formula is C9H10ClF2NO. The molecule has 0 aliphatic carbocycles. The first-order valence-electron chi connectivity index (χ1n) is 4.03. The Morgan fingerprint density at radius 3 is 2.50 bits per heavy atom. The van der Waals surface area contributed by atoms with E-state index in [1.807, 2.05) is 0 Å². The summed E-state index contributed by atoms with van der Waals surface area (Å²) in [5.74, 6) is -1.33. The maximum Gasteiger partial charge on any atom is 0.142 e. The van der Waals surface area contributed by atoms with Crippen molar-refractivity contribution in [1.82, 2.24) is 5.32 Å². The van der Waals surface area contributed by atoms with E-state index in [1.165, 1.54) is 7.05 Å². The molecule has 0 aromatic heterocycles. The zero-order valence-electron chi connectivity index (χ0n) is 7.52. The van der Waals surface area contributed by atoms with E-state index in [0.717, 1.165) is 12.1 Å². The zero-order chi connectivity index (χ0) is 10.7. The van der Waals surface area contributed by atoms with Gasteiger partial charge >= 0.3 is 0 Å². The minimum atomic E-state index is -0.697. The van der Waals surface area contributed by atoms with Crippen molar-refractivity contribution in [2.75, 3.05) is 13.7 Å². The fourth-order valence-electron chi connectivity index (χ4n) is 1.19. The summed E-state index contributed by atoms with van der Waals surface area (Å²) in [5.41, 5.74) is -0.0448. The first-order chi connectivity index (χ1) is 6.61. The highest BCUT2D eigenvalue weighted by Gasteiger charge is 2.19. The van der Waals surface area contributed by atoms with Crippen molar-refractivity contribution >= 4 is 11.6 Å². The van der Waals surface area contributed by atoms with Crippen LogP contribution in [0.25, 0.3) is 0 Å². The third-order valence-electron chi connectivity index (χ3n) is 1.96. The van der Waals surface area contributed by atoms with Gasteiger partial charge in [-0.3, -0.25) is 0 Å². The number of aliphatic hydroxyl groups excluding tert-OH is 1. The first kappa shape index (κ1) is 11.4. The minimum Gasteiger partial charge on any atom is -0.394 e. The molecule has 0 fully saturated rings. The lowest BCUT2D eigenvalue weighted by molar-refractivity contribution is 0.247. The number of likely N-dealkylation sites (N-methyl/N-ethyl adjacent to an activating group) is 1. The van der Waals surface area contributed by atoms with Crippen LogP contribution >= 0.6 is 11.6 Å². The van der Waals surface area contributed by atoms with E-state index in [2.05, 4.69) is 5.32 Å². The molecule has 0 unspecified atom stereocenters. The van der Waals surface area contributed by atoms with Crippen LogP contribution in [0, 0.1) is 11.6 Å². The van der Waals surface area contributed by atoms with Gasteiger partial charge in [0.05, 0.1) is 17.7 Å². The summed E-state index contributed by atoms with van der Waals surface area (Å²) in [7, 11) is 1.53. The minimum absolute atomic E-state index is 0.0448. The highest BCUT2D eigenvalue weighted by Crippen LogP contribution is 2.27. The smallest absolute Gasteiger partial charge is 0.142 e. The van der Waals surface area contributed by atoms with Crippen LogP contribution in [0.3, 0.4) is 0 Å². The van der Waals surface area contributed by atoms with Gasteiger partial charge in [0, 0.05) is 5.56 Å². The average Bonchev–Trinajstić information content (AvgIpc) is 2.19. The molecule has 14 heavy (non-hydrogen) atoms. The number of benzene rings is 1. The molecule has 2 nitrogen and oxygen atoms in total. The SMILES string of the molecule is CN[C@H](CO)c1c(F)ccc(F)c1Cl. The monoisotopic (exact) mass is 221 g/mol. The molecule has 1 aromatic rings. The molecule has 1 rings (SSSR count). The van der Waals surface area contributed by atoms with Crippen molar-refractivity contribution < 1.29 is 13.9 Å². The summed E-state index contributed by atoms with van der Waals surface area (Å²) >= 11 is 5.58. The maximum atomic E-state index is 13.3. The summed E-state index contributed by atoms with van der Waals surface area (Å²) < 4.78 is 26.2. The van der Waals surface area contributed by atoms with Gasteiger partial charge in [0.15, 0.2) is 0 Å². The van der Waals surface area contributed by atoms with Crippen LogP contribution < -0.4 is 5.32 Å². The fourth-order valence-corrected chi connectivity index (χ4v) is 1.47. The van der Waals surface area contributed by atoms with E-state index in [0.29, 0.717) is 0 Å². The molecule has 1 aromatic carbocycles. The Balaban J connectivity index is 3.23. The molecule has 5 heteroatoms. The standard InChI is InChI=1S/C9H10ClF2NO/c1-13-7(4-14)8-5(11)2-3-6(12)9(8)10/h2-3,7,13-14H,4H2,1H3/t7-/m1/s1. The van der Waals surface area contributed by atoms with Crippen LogP contribution in [-0.2, 0) is 0 Å². The first-order valence-corrected chi connectivity index (χ1v) is 4.41. The van der Waals surface area contributed by atoms with Crippen LogP contribution in [0.2, 0.25) is 5.02 Å². The second-order valence-corrected chi connectivity index (χ2v) is 3.16. The topological polar surface area (TPSA) is 32.3 Å². The van der Waals surface area contributed by atoms with E-state index in [9.17, 15) is 8.78 Å². The second-order valence-electron chi connectivity index (χ2n) is 2.78. The number of aliphatic hydroxyl groups is 1. The number of hydrogen-bond acceptors (Lipinski definition) is 2. The Hall–Kier alpha value is -0.710. The van der Waals surface area contributed by atoms with Gasteiger partial charge in [-0.15, -0.1) is 0 Å². The van der Waals surface area contributed by atoms with Gasteiger partial charge in [0.2, 0.25) is 0 Å². The Bertz CT molecular complexity index is 329. The fraction of sp³-hybridized carbons (Fsp3) is 0.333. The Labute approximate surface area is 85.5 Å². The Morgan fingerprint density at radius 1 is 1.43 bits per heavy atom. The van der Waals surface area contributed by atoms with Gasteiger partial charge in [0.25, 0.3) is 0 Å². The molecule has 78 valence electrons. The summed E-state index contributed by atoms with van der Waals surface area (Å²) in [6, 6.07) is 1.24. The number of nitrogens with one attached hydrogen (secondary N) is 1. The molecule has 2 N–H and O–H groups in total. The van der Waals surface area contributed by atoms with Gasteiger partial charge < -0.3 is 10.4 Å². The summed E-state index contributed by atoms with van der Waals surface area (Å²) in [4.78, 5) is 0. The van der Waals surface area contributed by atoms with Crippen LogP contribution in [-0.4, -0.2) is 18.8 Å². The summed E-state index contributed by atoms with van der Waals surface area (Å²) in [6.07, 6.45) is 0. The predicted octanol–water partition coefficient (Wildman–Crippen LogP) is 1.87. The quantitative estimate of drug-likeness (QED) is 0.764. The van der Waals surface area contributed by atoms with Crippen molar-refractivity contribution in [3.8, 4) is 0 Å². The van der Waals surface area contributed by atoms with Crippen molar-refractivity contribution in [3.63, 3.8) is 0 Å². The lowest BCUT2D eigenvalue weighted by atomic mass is 10.1. The molecule has 1 atom stereocenters. The van der Waals surface area contributed by atoms with Gasteiger partial charge in [-0.1, -0.05) is 11.6 Å². The molecule has 0 bridgehead atoms. The van der Waals surface area contributed by atoms with E-state index in [-0.39, 0.29) is 17.2 Å². The van der Waals surface area contributed by atoms with Gasteiger partial charge in [0.1, 0.15) is 11.6 Å². The molecular weight excluding hydrogens is 212 g/mol. The normalized spacial score (nSPS) is 12.9.